The molecule has 0 radical (unpaired) electrons. The molecule has 0 aliphatic carbocycles. The van der Waals surface area contributed by atoms with Gasteiger partial charge in [0.2, 0.25) is 0 Å². The third kappa shape index (κ3) is 2.61. The molecule has 1 N–H and O–H groups in total. The highest BCUT2D eigenvalue weighted by Crippen LogP contribution is 2.47. The first-order valence-corrected chi connectivity index (χ1v) is 12.0. The molecule has 5 aromatic carbocycles. The number of aromatic amines is 1. The molecule has 35 heavy (non-hydrogen) atoms. The molecule has 3 nitrogen and oxygen atoms in total. The van der Waals surface area contributed by atoms with E-state index in [9.17, 15) is 0 Å². The van der Waals surface area contributed by atoms with Crippen LogP contribution in [0.3, 0.4) is 0 Å². The van der Waals surface area contributed by atoms with Crippen LogP contribution in [0.15, 0.2) is 121 Å². The lowest BCUT2D eigenvalue weighted by molar-refractivity contribution is 1.08. The molecule has 0 atom stereocenters. The molecule has 0 fully saturated rings. The lowest BCUT2D eigenvalue weighted by Crippen LogP contribution is -2.17. The lowest BCUT2D eigenvalue weighted by Gasteiger charge is -2.33. The highest BCUT2D eigenvalue weighted by molar-refractivity contribution is 6.09. The summed E-state index contributed by atoms with van der Waals surface area (Å²) < 4.78 is 2.34. The van der Waals surface area contributed by atoms with Gasteiger partial charge in [-0.25, -0.2) is 0 Å². The zero-order chi connectivity index (χ0) is 22.9. The van der Waals surface area contributed by atoms with Gasteiger partial charge >= 0.3 is 0 Å². The van der Waals surface area contributed by atoms with E-state index in [1.165, 1.54) is 66.6 Å². The maximum atomic E-state index is 3.54. The van der Waals surface area contributed by atoms with Crippen molar-refractivity contribution in [3.05, 3.63) is 121 Å². The molecule has 3 heterocycles. The third-order valence-corrected chi connectivity index (χ3v) is 7.26. The Labute approximate surface area is 202 Å². The van der Waals surface area contributed by atoms with E-state index >= 15 is 0 Å². The molecular formula is C32H21N3. The summed E-state index contributed by atoms with van der Waals surface area (Å²) >= 11 is 0. The van der Waals surface area contributed by atoms with Gasteiger partial charge in [0.25, 0.3) is 0 Å². The molecule has 0 spiro atoms. The van der Waals surface area contributed by atoms with Gasteiger partial charge < -0.3 is 14.5 Å². The van der Waals surface area contributed by atoms with Crippen LogP contribution in [0.2, 0.25) is 0 Å². The van der Waals surface area contributed by atoms with Gasteiger partial charge in [-0.3, -0.25) is 0 Å². The topological polar surface area (TPSA) is 24.0 Å². The molecule has 1 aliphatic heterocycles. The average molecular weight is 448 g/mol. The summed E-state index contributed by atoms with van der Waals surface area (Å²) in [7, 11) is 0. The van der Waals surface area contributed by atoms with E-state index in [0.717, 1.165) is 0 Å². The molecule has 8 rings (SSSR count). The summed E-state index contributed by atoms with van der Waals surface area (Å²) in [6.45, 7) is 0. The molecule has 2 aromatic heterocycles. The summed E-state index contributed by atoms with van der Waals surface area (Å²) in [5.41, 5.74) is 10.8. The minimum absolute atomic E-state index is 1.17. The van der Waals surface area contributed by atoms with Crippen LogP contribution in [0.5, 0.6) is 0 Å². The van der Waals surface area contributed by atoms with Crippen LogP contribution in [0.1, 0.15) is 0 Å². The van der Waals surface area contributed by atoms with E-state index in [2.05, 4.69) is 136 Å². The van der Waals surface area contributed by atoms with Gasteiger partial charge in [-0.1, -0.05) is 60.7 Å². The molecule has 3 heteroatoms. The van der Waals surface area contributed by atoms with Gasteiger partial charge in [-0.15, -0.1) is 0 Å². The molecule has 0 bridgehead atoms. The van der Waals surface area contributed by atoms with Crippen molar-refractivity contribution in [1.82, 2.24) is 9.55 Å². The number of hydrogen-bond acceptors (Lipinski definition) is 1. The summed E-state index contributed by atoms with van der Waals surface area (Å²) in [5.74, 6) is 0. The van der Waals surface area contributed by atoms with Crippen LogP contribution in [-0.2, 0) is 0 Å². The number of fused-ring (bicyclic) bond motifs is 5. The predicted octanol–water partition coefficient (Wildman–Crippen LogP) is 8.72. The highest BCUT2D eigenvalue weighted by Gasteiger charge is 2.26. The fraction of sp³-hybridized carbons (Fsp3) is 0. The van der Waals surface area contributed by atoms with Crippen molar-refractivity contribution in [2.45, 2.75) is 0 Å². The number of benzene rings is 5. The Balaban J connectivity index is 1.37. The maximum Gasteiger partial charge on any atom is 0.0771 e. The number of nitrogens with zero attached hydrogens (tertiary/aromatic N) is 2. The molecule has 1 aliphatic rings. The summed E-state index contributed by atoms with van der Waals surface area (Å²) in [5, 5.41) is 3.77. The standard InChI is InChI=1S/C32H21N3/c1-2-8-24(9-3-1)35-29-16-14-23(20-31(29)34-18-17-21-7-6-12-30(35)32(21)34)22-13-15-28-26(19-22)25-10-4-5-11-27(25)33-28/h1-20,33H. The minimum atomic E-state index is 1.17. The maximum absolute atomic E-state index is 3.54. The highest BCUT2D eigenvalue weighted by atomic mass is 15.2. The van der Waals surface area contributed by atoms with Crippen molar-refractivity contribution >= 4 is 49.8 Å². The molecular weight excluding hydrogens is 426 g/mol. The first-order valence-electron chi connectivity index (χ1n) is 12.0. The quantitative estimate of drug-likeness (QED) is 0.281. The van der Waals surface area contributed by atoms with Crippen LogP contribution in [0, 0.1) is 0 Å². The molecule has 7 aromatic rings. The molecule has 0 unspecified atom stereocenters. The SMILES string of the molecule is c1ccc(N2c3ccc(-c4ccc5[nH]c6ccccc6c5c4)cc3-n3ccc4cccc2c43)cc1. The van der Waals surface area contributed by atoms with Crippen LogP contribution in [-0.4, -0.2) is 9.55 Å². The third-order valence-electron chi connectivity index (χ3n) is 7.26. The van der Waals surface area contributed by atoms with Gasteiger partial charge in [-0.05, 0) is 65.7 Å². The van der Waals surface area contributed by atoms with Crippen molar-refractivity contribution < 1.29 is 0 Å². The molecule has 164 valence electrons. The van der Waals surface area contributed by atoms with Gasteiger partial charge in [-0.2, -0.15) is 0 Å². The van der Waals surface area contributed by atoms with Crippen LogP contribution >= 0.6 is 0 Å². The second kappa shape index (κ2) is 6.87. The average Bonchev–Trinajstić information content (AvgIpc) is 3.52. The van der Waals surface area contributed by atoms with Crippen molar-refractivity contribution in [2.75, 3.05) is 4.90 Å². The second-order valence-electron chi connectivity index (χ2n) is 9.21. The first-order chi connectivity index (χ1) is 17.3. The predicted molar refractivity (Wildman–Crippen MR) is 146 cm³/mol. The zero-order valence-corrected chi connectivity index (χ0v) is 18.9. The van der Waals surface area contributed by atoms with Gasteiger partial charge in [0.15, 0.2) is 0 Å². The Hall–Kier alpha value is -4.76. The van der Waals surface area contributed by atoms with Crippen LogP contribution in [0.4, 0.5) is 17.1 Å². The molecule has 0 saturated carbocycles. The number of hydrogen-bond donors (Lipinski definition) is 1. The second-order valence-corrected chi connectivity index (χ2v) is 9.21. The van der Waals surface area contributed by atoms with Crippen LogP contribution < -0.4 is 4.90 Å². The monoisotopic (exact) mass is 447 g/mol. The fourth-order valence-corrected chi connectivity index (χ4v) is 5.65. The fourth-order valence-electron chi connectivity index (χ4n) is 5.65. The number of aromatic nitrogens is 2. The first kappa shape index (κ1) is 18.6. The molecule has 0 saturated heterocycles. The van der Waals surface area contributed by atoms with Crippen molar-refractivity contribution in [3.8, 4) is 16.8 Å². The zero-order valence-electron chi connectivity index (χ0n) is 18.9. The van der Waals surface area contributed by atoms with Gasteiger partial charge in [0.05, 0.1) is 22.6 Å². The smallest absolute Gasteiger partial charge is 0.0771 e. The van der Waals surface area contributed by atoms with E-state index < -0.39 is 0 Å². The van der Waals surface area contributed by atoms with Gasteiger partial charge in [0.1, 0.15) is 0 Å². The minimum Gasteiger partial charge on any atom is -0.355 e. The summed E-state index contributed by atoms with van der Waals surface area (Å²) in [6.07, 6.45) is 2.20. The Morgan fingerprint density at radius 1 is 0.514 bits per heavy atom. The Morgan fingerprint density at radius 3 is 2.26 bits per heavy atom. The summed E-state index contributed by atoms with van der Waals surface area (Å²) in [6, 6.07) is 41.5. The lowest BCUT2D eigenvalue weighted by atomic mass is 10.00. The summed E-state index contributed by atoms with van der Waals surface area (Å²) in [4.78, 5) is 5.92. The van der Waals surface area contributed by atoms with E-state index in [-0.39, 0.29) is 0 Å². The van der Waals surface area contributed by atoms with Crippen molar-refractivity contribution in [1.29, 1.82) is 0 Å². The number of H-pyrrole nitrogens is 1. The number of para-hydroxylation sites is 3. The van der Waals surface area contributed by atoms with Crippen molar-refractivity contribution in [3.63, 3.8) is 0 Å². The normalized spacial score (nSPS) is 12.5. The van der Waals surface area contributed by atoms with Crippen molar-refractivity contribution in [2.24, 2.45) is 0 Å². The van der Waals surface area contributed by atoms with E-state index in [0.29, 0.717) is 0 Å². The molecule has 0 amide bonds. The van der Waals surface area contributed by atoms with E-state index in [1.54, 1.807) is 0 Å². The Kier molecular flexibility index (Phi) is 3.66. The number of rotatable bonds is 2. The largest absolute Gasteiger partial charge is 0.355 e. The number of anilines is 3. The van der Waals surface area contributed by atoms with E-state index in [1.807, 2.05) is 0 Å². The van der Waals surface area contributed by atoms with E-state index in [4.69, 9.17) is 0 Å². The number of nitrogens with one attached hydrogen (secondary N) is 1. The Morgan fingerprint density at radius 2 is 1.31 bits per heavy atom. The Bertz CT molecular complexity index is 1910. The van der Waals surface area contributed by atoms with Gasteiger partial charge in [0, 0.05) is 39.1 Å². The van der Waals surface area contributed by atoms with Crippen LogP contribution in [0.25, 0.3) is 49.5 Å².